The van der Waals surface area contributed by atoms with Crippen LogP contribution in [0.5, 0.6) is 5.75 Å². The zero-order valence-electron chi connectivity index (χ0n) is 18.7. The van der Waals surface area contributed by atoms with Gasteiger partial charge in [0.2, 0.25) is 0 Å². The molecule has 0 atom stereocenters. The van der Waals surface area contributed by atoms with Crippen LogP contribution >= 0.6 is 10.6 Å². The highest BCUT2D eigenvalue weighted by molar-refractivity contribution is 8.24. The molecule has 8 nitrogen and oxygen atoms in total. The molecule has 2 aromatic heterocycles. The number of alkyl halides is 3. The number of hydrogen-bond acceptors (Lipinski definition) is 6. The van der Waals surface area contributed by atoms with E-state index in [0.29, 0.717) is 59.2 Å². The third-order valence-electron chi connectivity index (χ3n) is 6.25. The Hall–Kier alpha value is -2.83. The fourth-order valence-corrected chi connectivity index (χ4v) is 5.54. The molecule has 1 saturated heterocycles. The van der Waals surface area contributed by atoms with Gasteiger partial charge in [-0.25, -0.2) is 4.98 Å². The molecule has 35 heavy (non-hydrogen) atoms. The first-order chi connectivity index (χ1) is 16.6. The highest BCUT2D eigenvalue weighted by Crippen LogP contribution is 2.47. The molecular weight excluding hydrogens is 485 g/mol. The number of aromatic nitrogens is 3. The Morgan fingerprint density at radius 2 is 1.91 bits per heavy atom. The number of anilines is 1. The lowest BCUT2D eigenvalue weighted by Gasteiger charge is -2.39. The average molecular weight is 511 g/mol. The Morgan fingerprint density at radius 3 is 2.60 bits per heavy atom. The van der Waals surface area contributed by atoms with Gasteiger partial charge in [0.15, 0.2) is 0 Å². The third-order valence-corrected chi connectivity index (χ3v) is 8.02. The molecule has 5 rings (SSSR count). The third kappa shape index (κ3) is 5.54. The van der Waals surface area contributed by atoms with Crippen molar-refractivity contribution >= 4 is 33.1 Å². The highest BCUT2D eigenvalue weighted by Gasteiger charge is 2.33. The van der Waals surface area contributed by atoms with Gasteiger partial charge in [-0.1, -0.05) is 6.07 Å². The van der Waals surface area contributed by atoms with Crippen LogP contribution in [0, 0.1) is 5.92 Å². The van der Waals surface area contributed by atoms with Gasteiger partial charge in [-0.15, -0.1) is 0 Å². The Kier molecular flexibility index (Phi) is 6.14. The molecular formula is C23H25F3N4O4S. The lowest BCUT2D eigenvalue weighted by molar-refractivity contribution is -0.141. The molecule has 1 saturated carbocycles. The summed E-state index contributed by atoms with van der Waals surface area (Å²) in [6.45, 7) is 0.470. The molecule has 2 aliphatic rings. The number of nitrogens with one attached hydrogen (secondary N) is 1. The van der Waals surface area contributed by atoms with Gasteiger partial charge in [-0.05, 0) is 49.8 Å². The second-order valence-electron chi connectivity index (χ2n) is 9.07. The van der Waals surface area contributed by atoms with Crippen LogP contribution in [0.25, 0.3) is 10.9 Å². The van der Waals surface area contributed by atoms with Crippen molar-refractivity contribution in [1.82, 2.24) is 14.8 Å². The topological polar surface area (TPSA) is 110 Å². The maximum absolute atomic E-state index is 13.0. The van der Waals surface area contributed by atoms with E-state index in [0.717, 1.165) is 25.0 Å². The number of hydrogen-bond donors (Lipinski definition) is 3. The lowest BCUT2D eigenvalue weighted by Crippen LogP contribution is -2.23. The van der Waals surface area contributed by atoms with E-state index in [2.05, 4.69) is 15.4 Å². The van der Waals surface area contributed by atoms with Gasteiger partial charge in [0.25, 0.3) is 5.91 Å². The predicted molar refractivity (Wildman–Crippen MR) is 126 cm³/mol. The van der Waals surface area contributed by atoms with E-state index in [4.69, 9.17) is 4.74 Å². The molecule has 2 fully saturated rings. The first-order valence-electron chi connectivity index (χ1n) is 11.3. The standard InChI is InChI=1S/C23H25F3N4O4S/c24-23(25,26)21-3-1-2-17(27-21)22(31)28-19-10-15-12-30(16-6-8-35(32,33)9-7-16)29-18(15)11-20(19)34-13-14-4-5-14/h1-3,10-12,14,16,32-33H,4-9,13H2,(H,28,31). The Morgan fingerprint density at radius 1 is 1.17 bits per heavy atom. The predicted octanol–water partition coefficient (Wildman–Crippen LogP) is 5.58. The summed E-state index contributed by atoms with van der Waals surface area (Å²) in [7, 11) is -2.51. The Balaban J connectivity index is 1.42. The van der Waals surface area contributed by atoms with E-state index in [9.17, 15) is 27.1 Å². The molecule has 188 valence electrons. The van der Waals surface area contributed by atoms with Gasteiger partial charge in [-0.2, -0.15) is 28.9 Å². The summed E-state index contributed by atoms with van der Waals surface area (Å²) < 4.78 is 66.6. The zero-order chi connectivity index (χ0) is 24.8. The fourth-order valence-electron chi connectivity index (χ4n) is 4.03. The highest BCUT2D eigenvalue weighted by atomic mass is 32.3. The monoisotopic (exact) mass is 510 g/mol. The SMILES string of the molecule is O=C(Nc1cc2cn(C3CCS(O)(O)CC3)nc2cc1OCC1CC1)c1cccc(C(F)(F)F)n1. The van der Waals surface area contributed by atoms with Crippen LogP contribution in [0.15, 0.2) is 36.5 Å². The van der Waals surface area contributed by atoms with E-state index in [-0.39, 0.29) is 11.7 Å². The molecule has 3 heterocycles. The molecule has 3 N–H and O–H groups in total. The summed E-state index contributed by atoms with van der Waals surface area (Å²) in [6.07, 6.45) is 0.466. The van der Waals surface area contributed by atoms with Crippen LogP contribution in [-0.4, -0.2) is 47.9 Å². The van der Waals surface area contributed by atoms with E-state index < -0.39 is 28.4 Å². The number of nitrogens with zero attached hydrogens (tertiary/aromatic N) is 3. The Labute approximate surface area is 200 Å². The molecule has 0 unspecified atom stereocenters. The summed E-state index contributed by atoms with van der Waals surface area (Å²) in [5, 5.41) is 8.00. The maximum atomic E-state index is 13.0. The minimum Gasteiger partial charge on any atom is -0.491 e. The first kappa shape index (κ1) is 23.9. The summed E-state index contributed by atoms with van der Waals surface area (Å²) in [5.41, 5.74) is -0.538. The van der Waals surface area contributed by atoms with Gasteiger partial charge in [0.1, 0.15) is 17.1 Å². The molecule has 1 aromatic carbocycles. The molecule has 1 aliphatic heterocycles. The lowest BCUT2D eigenvalue weighted by atomic mass is 10.1. The second-order valence-corrected chi connectivity index (χ2v) is 11.5. The van der Waals surface area contributed by atoms with Gasteiger partial charge < -0.3 is 10.1 Å². The minimum absolute atomic E-state index is 0.0190. The average Bonchev–Trinajstić information content (AvgIpc) is 3.55. The van der Waals surface area contributed by atoms with Crippen molar-refractivity contribution in [2.24, 2.45) is 5.92 Å². The van der Waals surface area contributed by atoms with E-state index in [1.165, 1.54) is 6.07 Å². The number of rotatable bonds is 6. The quantitative estimate of drug-likeness (QED) is 0.400. The number of fused-ring (bicyclic) bond motifs is 1. The van der Waals surface area contributed by atoms with Crippen molar-refractivity contribution in [2.45, 2.75) is 37.9 Å². The summed E-state index contributed by atoms with van der Waals surface area (Å²) in [4.78, 5) is 16.2. The van der Waals surface area contributed by atoms with Crippen molar-refractivity contribution in [1.29, 1.82) is 0 Å². The zero-order valence-corrected chi connectivity index (χ0v) is 19.5. The van der Waals surface area contributed by atoms with Gasteiger partial charge in [0, 0.05) is 29.2 Å². The number of benzene rings is 1. The van der Waals surface area contributed by atoms with Crippen LogP contribution in [0.3, 0.4) is 0 Å². The van der Waals surface area contributed by atoms with Gasteiger partial charge in [0.05, 0.1) is 23.9 Å². The normalized spacial score (nSPS) is 19.5. The number of pyridine rings is 1. The number of amides is 1. The first-order valence-corrected chi connectivity index (χ1v) is 13.2. The maximum Gasteiger partial charge on any atom is 0.433 e. The molecule has 1 aliphatic carbocycles. The van der Waals surface area contributed by atoms with E-state index >= 15 is 0 Å². The van der Waals surface area contributed by atoms with Crippen LogP contribution in [0.2, 0.25) is 0 Å². The fraction of sp³-hybridized carbons (Fsp3) is 0.435. The minimum atomic E-state index is -4.66. The van der Waals surface area contributed by atoms with Crippen LogP contribution in [-0.2, 0) is 6.18 Å². The van der Waals surface area contributed by atoms with Crippen molar-refractivity contribution in [2.75, 3.05) is 23.4 Å². The molecule has 12 heteroatoms. The molecule has 0 radical (unpaired) electrons. The van der Waals surface area contributed by atoms with Crippen LogP contribution in [0.4, 0.5) is 18.9 Å². The molecule has 0 bridgehead atoms. The molecule has 1 amide bonds. The van der Waals surface area contributed by atoms with Crippen molar-refractivity contribution in [3.05, 3.63) is 47.9 Å². The van der Waals surface area contributed by atoms with Crippen molar-refractivity contribution in [3.8, 4) is 5.75 Å². The number of ether oxygens (including phenoxy) is 1. The smallest absolute Gasteiger partial charge is 0.433 e. The Bertz CT molecular complexity index is 1250. The largest absolute Gasteiger partial charge is 0.491 e. The number of carbonyl (C=O) groups excluding carboxylic acids is 1. The molecule has 3 aromatic rings. The van der Waals surface area contributed by atoms with Crippen molar-refractivity contribution < 1.29 is 31.8 Å². The number of carbonyl (C=O) groups is 1. The van der Waals surface area contributed by atoms with Gasteiger partial charge in [-0.3, -0.25) is 18.6 Å². The van der Waals surface area contributed by atoms with Gasteiger partial charge >= 0.3 is 6.18 Å². The van der Waals surface area contributed by atoms with E-state index in [1.54, 1.807) is 16.8 Å². The van der Waals surface area contributed by atoms with Crippen LogP contribution < -0.4 is 10.1 Å². The second kappa shape index (κ2) is 8.99. The number of halogens is 3. The summed E-state index contributed by atoms with van der Waals surface area (Å²) >= 11 is 0. The van der Waals surface area contributed by atoms with Crippen LogP contribution in [0.1, 0.15) is 47.9 Å². The van der Waals surface area contributed by atoms with Crippen molar-refractivity contribution in [3.63, 3.8) is 0 Å². The molecule has 0 spiro atoms. The van der Waals surface area contributed by atoms with E-state index in [1.807, 2.05) is 6.20 Å². The summed E-state index contributed by atoms with van der Waals surface area (Å²) in [6, 6.07) is 6.58. The summed E-state index contributed by atoms with van der Waals surface area (Å²) in [5.74, 6) is 0.701.